The van der Waals surface area contributed by atoms with Gasteiger partial charge in [-0.25, -0.2) is 12.9 Å². The molecule has 4 nitrogen and oxygen atoms in total. The molecule has 0 spiro atoms. The van der Waals surface area contributed by atoms with Gasteiger partial charge in [-0.1, -0.05) is 29.8 Å². The van der Waals surface area contributed by atoms with Gasteiger partial charge in [-0.2, -0.15) is 13.2 Å². The van der Waals surface area contributed by atoms with Gasteiger partial charge in [0.15, 0.2) is 6.29 Å². The number of benzene rings is 3. The van der Waals surface area contributed by atoms with Crippen LogP contribution in [0.15, 0.2) is 65.6 Å². The van der Waals surface area contributed by atoms with E-state index in [4.69, 9.17) is 11.6 Å². The molecule has 1 unspecified atom stereocenters. The molecule has 0 bridgehead atoms. The molecule has 35 heavy (non-hydrogen) atoms. The van der Waals surface area contributed by atoms with Crippen LogP contribution in [0.2, 0.25) is 5.02 Å². The van der Waals surface area contributed by atoms with Gasteiger partial charge in [0, 0.05) is 25.8 Å². The van der Waals surface area contributed by atoms with Crippen molar-refractivity contribution in [1.29, 1.82) is 0 Å². The lowest BCUT2D eigenvalue weighted by Gasteiger charge is -2.20. The van der Waals surface area contributed by atoms with Crippen molar-refractivity contribution in [3.8, 4) is 0 Å². The average Bonchev–Trinajstić information content (AvgIpc) is 3.05. The van der Waals surface area contributed by atoms with Crippen LogP contribution in [0, 0.1) is 5.82 Å². The number of hydrogen-bond donors (Lipinski definition) is 1. The molecule has 0 amide bonds. The first-order valence-electron chi connectivity index (χ1n) is 10.7. The molecule has 1 heterocycles. The number of hydrogen-bond acceptors (Lipinski definition) is 3. The van der Waals surface area contributed by atoms with Crippen molar-refractivity contribution in [2.45, 2.75) is 30.5 Å². The molecule has 0 saturated heterocycles. The normalized spacial score (nSPS) is 14.7. The number of halogens is 5. The van der Waals surface area contributed by atoms with Crippen molar-refractivity contribution >= 4 is 34.6 Å². The molecule has 0 aliphatic carbocycles. The summed E-state index contributed by atoms with van der Waals surface area (Å²) in [6.45, 7) is 1.03. The Morgan fingerprint density at radius 2 is 1.80 bits per heavy atom. The van der Waals surface area contributed by atoms with E-state index in [2.05, 4.69) is 11.4 Å². The van der Waals surface area contributed by atoms with Gasteiger partial charge in [-0.3, -0.25) is 4.79 Å². The molecule has 1 N–H and O–H groups in total. The average molecular weight is 527 g/mol. The van der Waals surface area contributed by atoms with Crippen molar-refractivity contribution in [2.75, 3.05) is 18.9 Å². The molecule has 3 aromatic rings. The maximum atomic E-state index is 12.9. The van der Waals surface area contributed by atoms with E-state index in [1.165, 1.54) is 35.9 Å². The molecule has 10 heteroatoms. The Bertz CT molecular complexity index is 1200. The Kier molecular flexibility index (Phi) is 9.04. The van der Waals surface area contributed by atoms with Crippen LogP contribution in [0.4, 0.5) is 23.2 Å². The summed E-state index contributed by atoms with van der Waals surface area (Å²) in [6.07, 6.45) is -2.35. The zero-order valence-electron chi connectivity index (χ0n) is 18.7. The van der Waals surface area contributed by atoms with Gasteiger partial charge in [0.1, 0.15) is 16.8 Å². The number of carbonyl (C=O) groups is 1. The second-order valence-electron chi connectivity index (χ2n) is 7.73. The number of aryl methyl sites for hydroxylation is 1. The molecule has 0 fully saturated rings. The predicted molar refractivity (Wildman–Crippen MR) is 129 cm³/mol. The summed E-state index contributed by atoms with van der Waals surface area (Å²) in [7, 11) is 0.201. The SMILES string of the molecule is CNc1ccc2c(c1)CN(S(=O)c1cccc(C(F)(F)F)c1)CCC2.O=Cc1c(F)cccc1Cl. The van der Waals surface area contributed by atoms with Gasteiger partial charge in [0.25, 0.3) is 0 Å². The third kappa shape index (κ3) is 6.90. The summed E-state index contributed by atoms with van der Waals surface area (Å²) < 4.78 is 65.8. The smallest absolute Gasteiger partial charge is 0.388 e. The quantitative estimate of drug-likeness (QED) is 0.311. The van der Waals surface area contributed by atoms with Crippen LogP contribution in [0.25, 0.3) is 0 Å². The number of nitrogens with zero attached hydrogens (tertiary/aromatic N) is 1. The minimum atomic E-state index is -4.44. The van der Waals surface area contributed by atoms with Crippen LogP contribution >= 0.6 is 11.6 Å². The fourth-order valence-corrected chi connectivity index (χ4v) is 5.06. The van der Waals surface area contributed by atoms with Crippen molar-refractivity contribution in [1.82, 2.24) is 4.31 Å². The van der Waals surface area contributed by atoms with E-state index in [9.17, 15) is 26.6 Å². The van der Waals surface area contributed by atoms with E-state index in [0.717, 1.165) is 36.2 Å². The van der Waals surface area contributed by atoms with Gasteiger partial charge in [-0.05, 0) is 66.4 Å². The van der Waals surface area contributed by atoms with Gasteiger partial charge in [0.05, 0.1) is 21.0 Å². The van der Waals surface area contributed by atoms with Crippen LogP contribution in [0.1, 0.15) is 33.5 Å². The molecule has 3 aromatic carbocycles. The molecule has 1 aliphatic heterocycles. The topological polar surface area (TPSA) is 49.4 Å². The Morgan fingerprint density at radius 3 is 2.43 bits per heavy atom. The molecule has 1 aliphatic rings. The predicted octanol–water partition coefficient (Wildman–Crippen LogP) is 6.51. The second kappa shape index (κ2) is 11.8. The first-order valence-corrected chi connectivity index (χ1v) is 12.2. The van der Waals surface area contributed by atoms with E-state index in [1.807, 2.05) is 19.2 Å². The first-order chi connectivity index (χ1) is 16.6. The van der Waals surface area contributed by atoms with Crippen LogP contribution in [0.5, 0.6) is 0 Å². The summed E-state index contributed by atoms with van der Waals surface area (Å²) in [5.41, 5.74) is 2.37. The molecule has 0 saturated carbocycles. The number of nitrogens with one attached hydrogen (secondary N) is 1. The number of carbonyl (C=O) groups excluding carboxylic acids is 1. The Hall–Kier alpha value is -2.75. The Labute approximate surface area is 208 Å². The number of rotatable bonds is 4. The van der Waals surface area contributed by atoms with Crippen molar-refractivity contribution in [2.24, 2.45) is 0 Å². The highest BCUT2D eigenvalue weighted by Crippen LogP contribution is 2.31. The molecule has 4 rings (SSSR count). The standard InChI is InChI=1S/C18H19F3N2OS.C7H4ClFO/c1-22-16-8-7-13-4-3-9-23(12-14(13)10-16)25(24)17-6-2-5-15(11-17)18(19,20)21;8-6-2-1-3-7(9)5(6)4-10/h2,5-8,10-11,22H,3-4,9,12H2,1H3;1-4H. The fraction of sp³-hybridized carbons (Fsp3) is 0.240. The number of aldehydes is 1. The van der Waals surface area contributed by atoms with Crippen LogP contribution in [-0.2, 0) is 30.1 Å². The van der Waals surface area contributed by atoms with Gasteiger partial charge in [0.2, 0.25) is 0 Å². The van der Waals surface area contributed by atoms with E-state index in [0.29, 0.717) is 19.4 Å². The Morgan fingerprint density at radius 1 is 1.06 bits per heavy atom. The van der Waals surface area contributed by atoms with Gasteiger partial charge < -0.3 is 5.32 Å². The largest absolute Gasteiger partial charge is 0.416 e. The third-order valence-electron chi connectivity index (χ3n) is 5.41. The van der Waals surface area contributed by atoms with Crippen molar-refractivity contribution < 1.29 is 26.6 Å². The monoisotopic (exact) mass is 526 g/mol. The molecular formula is C25H23ClF4N2O2S. The Balaban J connectivity index is 0.000000287. The lowest BCUT2D eigenvalue weighted by atomic mass is 10.0. The molecule has 186 valence electrons. The summed E-state index contributed by atoms with van der Waals surface area (Å²) in [6, 6.07) is 14.9. The molecule has 1 atom stereocenters. The highest BCUT2D eigenvalue weighted by molar-refractivity contribution is 7.82. The minimum Gasteiger partial charge on any atom is -0.388 e. The summed E-state index contributed by atoms with van der Waals surface area (Å²) in [5.74, 6) is -0.581. The number of alkyl halides is 3. The second-order valence-corrected chi connectivity index (χ2v) is 9.62. The third-order valence-corrected chi connectivity index (χ3v) is 7.18. The number of anilines is 1. The lowest BCUT2D eigenvalue weighted by Crippen LogP contribution is -2.26. The van der Waals surface area contributed by atoms with E-state index >= 15 is 0 Å². The van der Waals surface area contributed by atoms with Gasteiger partial charge >= 0.3 is 6.18 Å². The van der Waals surface area contributed by atoms with E-state index in [-0.39, 0.29) is 15.5 Å². The van der Waals surface area contributed by atoms with Crippen LogP contribution in [0.3, 0.4) is 0 Å². The van der Waals surface area contributed by atoms with Gasteiger partial charge in [-0.15, -0.1) is 0 Å². The van der Waals surface area contributed by atoms with E-state index in [1.54, 1.807) is 4.31 Å². The molecular weight excluding hydrogens is 504 g/mol. The lowest BCUT2D eigenvalue weighted by molar-refractivity contribution is -0.137. The summed E-state index contributed by atoms with van der Waals surface area (Å²) in [4.78, 5) is 10.3. The minimum absolute atomic E-state index is 0.0795. The fourth-order valence-electron chi connectivity index (χ4n) is 3.58. The summed E-state index contributed by atoms with van der Waals surface area (Å²) >= 11 is 5.46. The van der Waals surface area contributed by atoms with Crippen LogP contribution in [-0.4, -0.2) is 28.4 Å². The molecule has 0 radical (unpaired) electrons. The van der Waals surface area contributed by atoms with Crippen molar-refractivity contribution in [3.05, 3.63) is 93.8 Å². The highest BCUT2D eigenvalue weighted by Gasteiger charge is 2.31. The van der Waals surface area contributed by atoms with Crippen molar-refractivity contribution in [3.63, 3.8) is 0 Å². The maximum absolute atomic E-state index is 12.9. The first kappa shape index (κ1) is 26.8. The molecule has 0 aromatic heterocycles. The summed E-state index contributed by atoms with van der Waals surface area (Å²) in [5, 5.41) is 3.23. The maximum Gasteiger partial charge on any atom is 0.416 e. The zero-order valence-corrected chi connectivity index (χ0v) is 20.3. The van der Waals surface area contributed by atoms with Crippen LogP contribution < -0.4 is 5.32 Å². The van der Waals surface area contributed by atoms with E-state index < -0.39 is 28.5 Å². The highest BCUT2D eigenvalue weighted by atomic mass is 35.5. The number of fused-ring (bicyclic) bond motifs is 1. The zero-order chi connectivity index (χ0) is 25.6.